The van der Waals surface area contributed by atoms with Crippen molar-refractivity contribution in [3.63, 3.8) is 0 Å². The maximum absolute atomic E-state index is 10.9. The van der Waals surface area contributed by atoms with Crippen LogP contribution in [0.2, 0.25) is 0 Å². The number of halogens is 1. The molecule has 0 aromatic heterocycles. The number of nitro groups is 1. The summed E-state index contributed by atoms with van der Waals surface area (Å²) in [6, 6.07) is 13.8. The molecule has 94 valence electrons. The lowest BCUT2D eigenvalue weighted by atomic mass is 10.2. The summed E-state index contributed by atoms with van der Waals surface area (Å²) in [5.74, 6) is 0. The van der Waals surface area contributed by atoms with Crippen LogP contribution in [0.1, 0.15) is 5.56 Å². The van der Waals surface area contributed by atoms with Gasteiger partial charge >= 0.3 is 0 Å². The van der Waals surface area contributed by atoms with Gasteiger partial charge in [0.1, 0.15) is 6.07 Å². The summed E-state index contributed by atoms with van der Waals surface area (Å²) >= 11 is 4.51. The van der Waals surface area contributed by atoms with E-state index in [1.165, 1.54) is 17.8 Å². The summed E-state index contributed by atoms with van der Waals surface area (Å²) in [6.45, 7) is 0. The van der Waals surface area contributed by atoms with Gasteiger partial charge in [-0.15, -0.1) is 0 Å². The van der Waals surface area contributed by atoms with E-state index in [2.05, 4.69) is 22.0 Å². The molecule has 0 saturated carbocycles. The zero-order valence-corrected chi connectivity index (χ0v) is 11.9. The second kappa shape index (κ2) is 5.87. The Morgan fingerprint density at radius 2 is 1.95 bits per heavy atom. The monoisotopic (exact) mass is 334 g/mol. The van der Waals surface area contributed by atoms with Gasteiger partial charge in [0.25, 0.3) is 5.69 Å². The van der Waals surface area contributed by atoms with E-state index in [9.17, 15) is 10.1 Å². The maximum Gasteiger partial charge on any atom is 0.283 e. The Bertz CT molecular complexity index is 683. The minimum atomic E-state index is -0.423. The first-order valence-corrected chi connectivity index (χ1v) is 6.83. The summed E-state index contributed by atoms with van der Waals surface area (Å²) in [7, 11) is 0. The number of hydrogen-bond acceptors (Lipinski definition) is 4. The number of benzene rings is 2. The van der Waals surface area contributed by atoms with Crippen molar-refractivity contribution in [1.82, 2.24) is 0 Å². The van der Waals surface area contributed by atoms with Crippen LogP contribution < -0.4 is 0 Å². The summed E-state index contributed by atoms with van der Waals surface area (Å²) in [5.41, 5.74) is 0.525. The van der Waals surface area contributed by atoms with Gasteiger partial charge in [-0.2, -0.15) is 5.26 Å². The molecule has 6 heteroatoms. The van der Waals surface area contributed by atoms with Crippen molar-refractivity contribution >= 4 is 33.4 Å². The summed E-state index contributed by atoms with van der Waals surface area (Å²) in [5, 5.41) is 20.0. The Balaban J connectivity index is 2.43. The van der Waals surface area contributed by atoms with Crippen LogP contribution in [0.5, 0.6) is 0 Å². The van der Waals surface area contributed by atoms with E-state index in [-0.39, 0.29) is 5.69 Å². The third-order valence-electron chi connectivity index (χ3n) is 2.34. The van der Waals surface area contributed by atoms with Gasteiger partial charge in [0.15, 0.2) is 0 Å². The molecule has 0 aliphatic rings. The molecule has 0 spiro atoms. The van der Waals surface area contributed by atoms with E-state index in [1.807, 2.05) is 0 Å². The van der Waals surface area contributed by atoms with E-state index in [1.54, 1.807) is 36.4 Å². The molecule has 2 rings (SSSR count). The zero-order chi connectivity index (χ0) is 13.8. The van der Waals surface area contributed by atoms with Crippen LogP contribution >= 0.6 is 27.7 Å². The smallest absolute Gasteiger partial charge is 0.258 e. The fourth-order valence-corrected chi connectivity index (χ4v) is 2.83. The highest BCUT2D eigenvalue weighted by Crippen LogP contribution is 2.36. The predicted octanol–water partition coefficient (Wildman–Crippen LogP) is 4.38. The molecule has 2 aromatic carbocycles. The number of nitro benzene ring substituents is 1. The van der Waals surface area contributed by atoms with E-state index in [0.29, 0.717) is 15.4 Å². The molecule has 0 atom stereocenters. The Morgan fingerprint density at radius 1 is 1.21 bits per heavy atom. The molecule has 0 radical (unpaired) electrons. The SMILES string of the molecule is N#Cc1cc(Br)ccc1Sc1ccccc1[N+](=O)[O-]. The van der Waals surface area contributed by atoms with Gasteiger partial charge in [0.2, 0.25) is 0 Å². The summed E-state index contributed by atoms with van der Waals surface area (Å²) in [6.07, 6.45) is 0. The number of nitrogens with zero attached hydrogens (tertiary/aromatic N) is 2. The van der Waals surface area contributed by atoms with Gasteiger partial charge in [0, 0.05) is 15.4 Å². The first kappa shape index (κ1) is 13.6. The third kappa shape index (κ3) is 3.13. The Morgan fingerprint density at radius 3 is 2.63 bits per heavy atom. The van der Waals surface area contributed by atoms with E-state index in [0.717, 1.165) is 4.47 Å². The van der Waals surface area contributed by atoms with Crippen molar-refractivity contribution in [3.8, 4) is 6.07 Å². The lowest BCUT2D eigenvalue weighted by Crippen LogP contribution is -1.90. The van der Waals surface area contributed by atoms with Gasteiger partial charge in [-0.25, -0.2) is 0 Å². The van der Waals surface area contributed by atoms with Gasteiger partial charge in [0.05, 0.1) is 15.4 Å². The largest absolute Gasteiger partial charge is 0.283 e. The predicted molar refractivity (Wildman–Crippen MR) is 76.1 cm³/mol. The van der Waals surface area contributed by atoms with Crippen molar-refractivity contribution in [2.24, 2.45) is 0 Å². The molecule has 4 nitrogen and oxygen atoms in total. The summed E-state index contributed by atoms with van der Waals surface area (Å²) in [4.78, 5) is 11.7. The van der Waals surface area contributed by atoms with Crippen molar-refractivity contribution in [1.29, 1.82) is 5.26 Å². The highest BCUT2D eigenvalue weighted by molar-refractivity contribution is 9.10. The second-order valence-corrected chi connectivity index (χ2v) is 5.58. The van der Waals surface area contributed by atoms with Crippen LogP contribution in [0.25, 0.3) is 0 Å². The molecule has 0 amide bonds. The number of hydrogen-bond donors (Lipinski definition) is 0. The van der Waals surface area contributed by atoms with E-state index < -0.39 is 4.92 Å². The maximum atomic E-state index is 10.9. The minimum Gasteiger partial charge on any atom is -0.258 e. The fourth-order valence-electron chi connectivity index (χ4n) is 1.49. The Kier molecular flexibility index (Phi) is 4.20. The molecule has 0 fully saturated rings. The first-order valence-electron chi connectivity index (χ1n) is 5.22. The van der Waals surface area contributed by atoms with Gasteiger partial charge in [-0.1, -0.05) is 39.8 Å². The molecule has 0 bridgehead atoms. The number of rotatable bonds is 3. The number of nitriles is 1. The van der Waals surface area contributed by atoms with Gasteiger partial charge < -0.3 is 0 Å². The number of para-hydroxylation sites is 1. The average Bonchev–Trinajstić information content (AvgIpc) is 2.41. The molecule has 0 heterocycles. The Labute approximate surface area is 122 Å². The van der Waals surface area contributed by atoms with Crippen LogP contribution in [0.3, 0.4) is 0 Å². The Hall–Kier alpha value is -1.84. The normalized spacial score (nSPS) is 9.89. The van der Waals surface area contributed by atoms with E-state index in [4.69, 9.17) is 5.26 Å². The third-order valence-corrected chi connectivity index (χ3v) is 3.98. The molecule has 19 heavy (non-hydrogen) atoms. The standard InChI is InChI=1S/C13H7BrN2O2S/c14-10-5-6-12(9(7-10)8-15)19-13-4-2-1-3-11(13)16(17)18/h1-7H. The molecular weight excluding hydrogens is 328 g/mol. The van der Waals surface area contributed by atoms with Gasteiger partial charge in [-0.05, 0) is 24.3 Å². The van der Waals surface area contributed by atoms with Crippen molar-refractivity contribution < 1.29 is 4.92 Å². The minimum absolute atomic E-state index is 0.0410. The molecule has 0 aliphatic carbocycles. The molecule has 0 aliphatic heterocycles. The average molecular weight is 335 g/mol. The first-order chi connectivity index (χ1) is 9.11. The van der Waals surface area contributed by atoms with Crippen molar-refractivity contribution in [2.45, 2.75) is 9.79 Å². The van der Waals surface area contributed by atoms with Crippen molar-refractivity contribution in [3.05, 3.63) is 62.6 Å². The highest BCUT2D eigenvalue weighted by Gasteiger charge is 2.15. The van der Waals surface area contributed by atoms with Crippen LogP contribution in [-0.2, 0) is 0 Å². The molecule has 0 saturated heterocycles. The lowest BCUT2D eigenvalue weighted by Gasteiger charge is -2.05. The molecule has 0 unspecified atom stereocenters. The molecule has 0 N–H and O–H groups in total. The van der Waals surface area contributed by atoms with Crippen molar-refractivity contribution in [2.75, 3.05) is 0 Å². The van der Waals surface area contributed by atoms with Gasteiger partial charge in [-0.3, -0.25) is 10.1 Å². The lowest BCUT2D eigenvalue weighted by molar-refractivity contribution is -0.387. The second-order valence-electron chi connectivity index (χ2n) is 3.58. The molecular formula is C13H7BrN2O2S. The van der Waals surface area contributed by atoms with Crippen LogP contribution in [0.15, 0.2) is 56.7 Å². The van der Waals surface area contributed by atoms with E-state index >= 15 is 0 Å². The summed E-state index contributed by atoms with van der Waals surface area (Å²) < 4.78 is 0.802. The van der Waals surface area contributed by atoms with Crippen LogP contribution in [0.4, 0.5) is 5.69 Å². The highest BCUT2D eigenvalue weighted by atomic mass is 79.9. The zero-order valence-electron chi connectivity index (χ0n) is 9.54. The fraction of sp³-hybridized carbons (Fsp3) is 0. The molecule has 2 aromatic rings. The topological polar surface area (TPSA) is 66.9 Å². The van der Waals surface area contributed by atoms with Crippen LogP contribution in [0, 0.1) is 21.4 Å². The van der Waals surface area contributed by atoms with Crippen LogP contribution in [-0.4, -0.2) is 4.92 Å². The quantitative estimate of drug-likeness (QED) is 0.617.